The Bertz CT molecular complexity index is 1360. The zero-order valence-electron chi connectivity index (χ0n) is 20.1. The van der Waals surface area contributed by atoms with E-state index >= 15 is 0 Å². The van der Waals surface area contributed by atoms with Gasteiger partial charge in [0, 0.05) is 41.3 Å². The highest BCUT2D eigenvalue weighted by Gasteiger charge is 2.21. The van der Waals surface area contributed by atoms with Crippen molar-refractivity contribution in [3.8, 4) is 0 Å². The molecule has 182 valence electrons. The lowest BCUT2D eigenvalue weighted by molar-refractivity contribution is 0.276. The minimum Gasteiger partial charge on any atom is -0.398 e. The fourth-order valence-electron chi connectivity index (χ4n) is 4.01. The molecule has 0 saturated carbocycles. The quantitative estimate of drug-likeness (QED) is 0.225. The van der Waals surface area contributed by atoms with Gasteiger partial charge in [-0.2, -0.15) is 0 Å². The smallest absolute Gasteiger partial charge is 0.141 e. The zero-order valence-corrected chi connectivity index (χ0v) is 20.9. The van der Waals surface area contributed by atoms with Crippen molar-refractivity contribution in [2.45, 2.75) is 45.3 Å². The van der Waals surface area contributed by atoms with Gasteiger partial charge in [-0.3, -0.25) is 4.99 Å². The van der Waals surface area contributed by atoms with E-state index in [0.717, 1.165) is 44.5 Å². The molecular formula is C26H30FN7S. The molecule has 2 heterocycles. The molecule has 0 radical (unpaired) electrons. The number of aliphatic imine (C=N–C) groups is 1. The number of nitrogens with zero attached hydrogens (tertiary/aromatic N) is 4. The van der Waals surface area contributed by atoms with Gasteiger partial charge in [0.15, 0.2) is 0 Å². The van der Waals surface area contributed by atoms with Crippen LogP contribution < -0.4 is 16.4 Å². The molecule has 35 heavy (non-hydrogen) atoms. The van der Waals surface area contributed by atoms with E-state index in [0.29, 0.717) is 24.4 Å². The number of fused-ring (bicyclic) bond motifs is 2. The minimum absolute atomic E-state index is 0.330. The van der Waals surface area contributed by atoms with E-state index in [1.807, 2.05) is 42.8 Å². The summed E-state index contributed by atoms with van der Waals surface area (Å²) in [6.45, 7) is 3.91. The van der Waals surface area contributed by atoms with Crippen molar-refractivity contribution >= 4 is 61.6 Å². The predicted octanol–water partition coefficient (Wildman–Crippen LogP) is 6.31. The third-order valence-corrected chi connectivity index (χ3v) is 6.64. The number of aromatic nitrogens is 3. The molecule has 4 rings (SSSR count). The van der Waals surface area contributed by atoms with Gasteiger partial charge >= 0.3 is 0 Å². The second-order valence-corrected chi connectivity index (χ2v) is 9.18. The molecule has 0 aliphatic rings. The average Bonchev–Trinajstić information content (AvgIpc) is 3.34. The molecule has 0 saturated heterocycles. The van der Waals surface area contributed by atoms with Crippen molar-refractivity contribution in [2.75, 3.05) is 17.7 Å². The van der Waals surface area contributed by atoms with Crippen LogP contribution in [0.5, 0.6) is 0 Å². The molecule has 0 bridgehead atoms. The molecular weight excluding hydrogens is 461 g/mol. The monoisotopic (exact) mass is 491 g/mol. The van der Waals surface area contributed by atoms with Crippen LogP contribution in [0, 0.1) is 0 Å². The Kier molecular flexibility index (Phi) is 7.87. The van der Waals surface area contributed by atoms with Crippen molar-refractivity contribution in [3.63, 3.8) is 0 Å². The number of halogens is 1. The summed E-state index contributed by atoms with van der Waals surface area (Å²) in [7, 11) is 1.68. The molecule has 0 spiro atoms. The van der Waals surface area contributed by atoms with Crippen molar-refractivity contribution in [1.29, 1.82) is 0 Å². The molecule has 1 unspecified atom stereocenters. The molecule has 0 aliphatic heterocycles. The largest absolute Gasteiger partial charge is 0.398 e. The molecule has 9 heteroatoms. The number of nitrogens with one attached hydrogen (secondary N) is 2. The Morgan fingerprint density at radius 3 is 2.80 bits per heavy atom. The van der Waals surface area contributed by atoms with Gasteiger partial charge in [0.2, 0.25) is 0 Å². The molecule has 0 aliphatic carbocycles. The number of rotatable bonds is 10. The van der Waals surface area contributed by atoms with Crippen LogP contribution in [0.25, 0.3) is 26.8 Å². The number of nitrogens with two attached hydrogens (primary N) is 1. The van der Waals surface area contributed by atoms with Gasteiger partial charge in [-0.15, -0.1) is 11.3 Å². The Morgan fingerprint density at radius 2 is 2.03 bits per heavy atom. The maximum Gasteiger partial charge on any atom is 0.141 e. The van der Waals surface area contributed by atoms with E-state index in [2.05, 4.69) is 37.5 Å². The first-order valence-electron chi connectivity index (χ1n) is 11.7. The van der Waals surface area contributed by atoms with Crippen LogP contribution in [0.3, 0.4) is 0 Å². The molecule has 4 aromatic rings. The molecule has 7 nitrogen and oxygen atoms in total. The standard InChI is InChI=1S/C26H30FN7S/c1-4-6-21(19(27)5-2)34-24-13-18-23(12-17(24)20(28)9-10-29-3)30-14-31-26(18)33-16-7-8-22-25(11-16)35-15-32-22/h7-15,19,21,34H,4-6,28H2,1-3H3,(H,30,31,33)/b20-9-,29-10?/t19?,21-/m1/s1. The number of hydrogen-bond acceptors (Lipinski definition) is 8. The summed E-state index contributed by atoms with van der Waals surface area (Å²) in [6.07, 6.45) is 5.93. The topological polar surface area (TPSA) is 101 Å². The van der Waals surface area contributed by atoms with Crippen LogP contribution >= 0.6 is 11.3 Å². The Morgan fingerprint density at radius 1 is 1.17 bits per heavy atom. The van der Waals surface area contributed by atoms with Gasteiger partial charge in [0.1, 0.15) is 18.3 Å². The lowest BCUT2D eigenvalue weighted by atomic mass is 10.0. The fourth-order valence-corrected chi connectivity index (χ4v) is 4.73. The van der Waals surface area contributed by atoms with Crippen LogP contribution in [-0.4, -0.2) is 40.4 Å². The fraction of sp³-hybridized carbons (Fsp3) is 0.308. The Labute approximate surface area is 208 Å². The summed E-state index contributed by atoms with van der Waals surface area (Å²) in [5.74, 6) is 0.658. The van der Waals surface area contributed by atoms with Crippen molar-refractivity contribution in [3.05, 3.63) is 53.8 Å². The maximum atomic E-state index is 14.8. The van der Waals surface area contributed by atoms with Gasteiger partial charge in [-0.1, -0.05) is 20.3 Å². The molecule has 4 N–H and O–H groups in total. The van der Waals surface area contributed by atoms with E-state index in [4.69, 9.17) is 5.73 Å². The zero-order chi connectivity index (χ0) is 24.8. The second kappa shape index (κ2) is 11.2. The first-order chi connectivity index (χ1) is 17.0. The molecule has 0 fully saturated rings. The SMILES string of the molecule is CCC[C@@H](Nc1cc2c(Nc3ccc4ncsc4c3)ncnc2cc1/C(N)=C/C=NC)C(F)CC. The lowest BCUT2D eigenvalue weighted by Crippen LogP contribution is -2.30. The van der Waals surface area contributed by atoms with Crippen LogP contribution in [0.15, 0.2) is 53.2 Å². The molecule has 2 aromatic heterocycles. The summed E-state index contributed by atoms with van der Waals surface area (Å²) in [6, 6.07) is 9.53. The maximum absolute atomic E-state index is 14.8. The first kappa shape index (κ1) is 24.5. The molecule has 0 amide bonds. The minimum atomic E-state index is -0.975. The van der Waals surface area contributed by atoms with Crippen LogP contribution in [0.2, 0.25) is 0 Å². The van der Waals surface area contributed by atoms with E-state index < -0.39 is 6.17 Å². The highest BCUT2D eigenvalue weighted by Crippen LogP contribution is 2.33. The Hall–Kier alpha value is -3.59. The highest BCUT2D eigenvalue weighted by atomic mass is 32.1. The molecule has 2 aromatic carbocycles. The highest BCUT2D eigenvalue weighted by molar-refractivity contribution is 7.16. The number of alkyl halides is 1. The van der Waals surface area contributed by atoms with E-state index in [1.165, 1.54) is 6.33 Å². The van der Waals surface area contributed by atoms with Crippen LogP contribution in [0.4, 0.5) is 21.6 Å². The summed E-state index contributed by atoms with van der Waals surface area (Å²) in [5, 5.41) is 7.65. The number of benzene rings is 2. The number of thiazole rings is 1. The van der Waals surface area contributed by atoms with Gasteiger partial charge in [-0.25, -0.2) is 19.3 Å². The number of hydrogen-bond donors (Lipinski definition) is 3. The Balaban J connectivity index is 1.80. The van der Waals surface area contributed by atoms with E-state index in [1.54, 1.807) is 30.7 Å². The summed E-state index contributed by atoms with van der Waals surface area (Å²) < 4.78 is 15.9. The van der Waals surface area contributed by atoms with Gasteiger partial charge in [0.05, 0.1) is 27.3 Å². The second-order valence-electron chi connectivity index (χ2n) is 8.29. The van der Waals surface area contributed by atoms with E-state index in [9.17, 15) is 4.39 Å². The van der Waals surface area contributed by atoms with Gasteiger partial charge in [0.25, 0.3) is 0 Å². The third-order valence-electron chi connectivity index (χ3n) is 5.85. The van der Waals surface area contributed by atoms with Crippen LogP contribution in [0.1, 0.15) is 38.7 Å². The molecule has 2 atom stereocenters. The summed E-state index contributed by atoms with van der Waals surface area (Å²) in [4.78, 5) is 17.3. The van der Waals surface area contributed by atoms with Crippen LogP contribution in [-0.2, 0) is 0 Å². The normalized spacial score (nSPS) is 14.0. The predicted molar refractivity (Wildman–Crippen MR) is 147 cm³/mol. The summed E-state index contributed by atoms with van der Waals surface area (Å²) >= 11 is 1.59. The van der Waals surface area contributed by atoms with Gasteiger partial charge in [-0.05, 0) is 49.2 Å². The number of allylic oxidation sites excluding steroid dienone is 1. The third kappa shape index (κ3) is 5.57. The first-order valence-corrected chi connectivity index (χ1v) is 12.6. The van der Waals surface area contributed by atoms with Crippen molar-refractivity contribution in [2.24, 2.45) is 10.7 Å². The average molecular weight is 492 g/mol. The number of anilines is 3. The van der Waals surface area contributed by atoms with E-state index in [-0.39, 0.29) is 6.04 Å². The lowest BCUT2D eigenvalue weighted by Gasteiger charge is -2.24. The van der Waals surface area contributed by atoms with Crippen molar-refractivity contribution < 1.29 is 4.39 Å². The van der Waals surface area contributed by atoms with Crippen molar-refractivity contribution in [1.82, 2.24) is 15.0 Å². The summed E-state index contributed by atoms with van der Waals surface area (Å²) in [5.41, 5.74) is 12.8. The van der Waals surface area contributed by atoms with Gasteiger partial charge < -0.3 is 16.4 Å².